The summed E-state index contributed by atoms with van der Waals surface area (Å²) in [6, 6.07) is 20.7. The summed E-state index contributed by atoms with van der Waals surface area (Å²) >= 11 is 0. The van der Waals surface area contributed by atoms with Gasteiger partial charge in [0.15, 0.2) is 0 Å². The molecular formula is C88H116O10. The average molecular weight is 1330 g/mol. The monoisotopic (exact) mass is 1330 g/mol. The van der Waals surface area contributed by atoms with Crippen LogP contribution in [0.1, 0.15) is 261 Å². The molecule has 98 heavy (non-hydrogen) atoms. The zero-order valence-electron chi connectivity index (χ0n) is 60.6. The molecule has 0 atom stereocenters. The minimum absolute atomic E-state index is 0.00203. The number of hydrogen-bond acceptors (Lipinski definition) is 10. The van der Waals surface area contributed by atoms with E-state index in [0.717, 1.165) is 146 Å². The highest BCUT2D eigenvalue weighted by molar-refractivity contribution is 5.82. The highest BCUT2D eigenvalue weighted by Crippen LogP contribution is 2.49. The zero-order valence-corrected chi connectivity index (χ0v) is 60.6. The predicted octanol–water partition coefficient (Wildman–Crippen LogP) is 21.9. The van der Waals surface area contributed by atoms with Crippen molar-refractivity contribution in [1.29, 1.82) is 0 Å². The Kier molecular flexibility index (Phi) is 38.5. The molecule has 10 nitrogen and oxygen atoms in total. The second kappa shape index (κ2) is 47.8. The van der Waals surface area contributed by atoms with Gasteiger partial charge < -0.3 is 47.4 Å². The van der Waals surface area contributed by atoms with Crippen molar-refractivity contribution in [2.24, 2.45) is 0 Å². The van der Waals surface area contributed by atoms with Crippen LogP contribution in [0.25, 0.3) is 22.3 Å². The molecular weight excluding hydrogens is 1220 g/mol. The first-order chi connectivity index (χ1) is 48.3. The topological polar surface area (TPSA) is 92.3 Å². The summed E-state index contributed by atoms with van der Waals surface area (Å²) in [4.78, 5) is 0. The zero-order chi connectivity index (χ0) is 69.6. The van der Waals surface area contributed by atoms with E-state index in [-0.39, 0.29) is 33.0 Å². The fraction of sp³-hybridized carbons (Fsp3) is 0.545. The standard InChI is InChI=1S/C88H116O10/c1-11-21-26-31-36-41-51-94-80-60-69-56-74-61-85(93-50-20-10)75(68-84(74)95-52-42-37-32-27-22-12-2)76-65-82(91-48-18-8)72(63-86(76)96-53-43-38-33-28-23-13-3)58-73-64-88(98-55-45-40-35-30-25-15-5)78(67-83(73)92-49-19-9)77-66-81(90-47-17-7)71(57-70(80)59-79(69)89-46-16-6)62-87(77)97-54-44-39-34-29-24-14-4/h6-10,59-68H,11-15,21-58H2,1-5H3. The lowest BCUT2D eigenvalue weighted by Gasteiger charge is -2.23. The van der Waals surface area contributed by atoms with Crippen molar-refractivity contribution in [3.63, 3.8) is 0 Å². The Morgan fingerprint density at radius 2 is 0.378 bits per heavy atom. The molecule has 0 aliphatic heterocycles. The molecule has 0 saturated carbocycles. The first-order valence-electron chi connectivity index (χ1n) is 37.6. The second-order valence-electron chi connectivity index (χ2n) is 26.0. The third-order valence-corrected chi connectivity index (χ3v) is 17.9. The van der Waals surface area contributed by atoms with E-state index in [0.29, 0.717) is 115 Å². The molecule has 0 amide bonds. The van der Waals surface area contributed by atoms with E-state index in [1.165, 1.54) is 96.3 Å². The highest BCUT2D eigenvalue weighted by atomic mass is 16.5. The molecule has 10 aliphatic rings. The third kappa shape index (κ3) is 27.0. The maximum absolute atomic E-state index is 7.09. The SMILES string of the molecule is C#CCOc1cc2c(OCCCCCCCC)cc1Cc1cc(OCCCCCCCC)c(cc1OCC#C)-c1cc(OCC#C)c(cc1OCCCCCCCC)Cc1cc(OCC#C)c(cc1OCCCCCCCC)Cc1cc(OCC#C)c-2cc1OCCCCCCCC. The number of ether oxygens (including phenoxy) is 10. The van der Waals surface area contributed by atoms with Crippen molar-refractivity contribution < 1.29 is 47.4 Å². The maximum atomic E-state index is 7.09. The molecule has 0 unspecified atom stereocenters. The Morgan fingerprint density at radius 1 is 0.214 bits per heavy atom. The fourth-order valence-electron chi connectivity index (χ4n) is 12.5. The van der Waals surface area contributed by atoms with E-state index in [1.807, 2.05) is 18.2 Å². The molecule has 0 heterocycles. The smallest absolute Gasteiger partial charge is 0.148 e. The fourth-order valence-corrected chi connectivity index (χ4v) is 12.5. The third-order valence-electron chi connectivity index (χ3n) is 17.9. The molecule has 10 aliphatic carbocycles. The van der Waals surface area contributed by atoms with Gasteiger partial charge in [0.1, 0.15) is 90.5 Å². The average Bonchev–Trinajstić information content (AvgIpc) is 0.905. The lowest BCUT2D eigenvalue weighted by atomic mass is 9.93. The molecule has 10 bridgehead atoms. The molecule has 0 fully saturated rings. The molecule has 0 aromatic heterocycles. The lowest BCUT2D eigenvalue weighted by molar-refractivity contribution is 0.298. The molecule has 528 valence electrons. The van der Waals surface area contributed by atoms with E-state index < -0.39 is 0 Å². The summed E-state index contributed by atoms with van der Waals surface area (Å²) in [7, 11) is 0. The summed E-state index contributed by atoms with van der Waals surface area (Å²) in [5.41, 5.74) is 7.96. The van der Waals surface area contributed by atoms with Gasteiger partial charge in [-0.1, -0.05) is 225 Å². The van der Waals surface area contributed by atoms with Gasteiger partial charge in [0.2, 0.25) is 0 Å². The summed E-state index contributed by atoms with van der Waals surface area (Å²) in [6.45, 7) is 13.7. The predicted molar refractivity (Wildman–Crippen MR) is 405 cm³/mol. The van der Waals surface area contributed by atoms with Gasteiger partial charge in [0, 0.05) is 74.9 Å². The highest BCUT2D eigenvalue weighted by Gasteiger charge is 2.27. The van der Waals surface area contributed by atoms with Crippen LogP contribution in [-0.2, 0) is 19.3 Å². The second-order valence-corrected chi connectivity index (χ2v) is 26.0. The summed E-state index contributed by atoms with van der Waals surface area (Å²) in [5, 5.41) is 0. The van der Waals surface area contributed by atoms with Crippen molar-refractivity contribution >= 4 is 0 Å². The molecule has 5 aromatic rings. The lowest BCUT2D eigenvalue weighted by Crippen LogP contribution is -2.08. The van der Waals surface area contributed by atoms with Crippen LogP contribution in [0.3, 0.4) is 0 Å². The number of benzene rings is 5. The van der Waals surface area contributed by atoms with Crippen molar-refractivity contribution in [3.05, 3.63) is 94.0 Å². The summed E-state index contributed by atoms with van der Waals surface area (Å²) < 4.78 is 68.7. The van der Waals surface area contributed by atoms with Crippen LogP contribution >= 0.6 is 0 Å². The number of terminal acetylenes is 5. The number of rotatable bonds is 50. The minimum atomic E-state index is -0.00244. The summed E-state index contributed by atoms with van der Waals surface area (Å²) in [5.74, 6) is 19.9. The van der Waals surface area contributed by atoms with Gasteiger partial charge in [-0.2, -0.15) is 0 Å². The van der Waals surface area contributed by atoms with E-state index >= 15 is 0 Å². The Labute approximate surface area is 592 Å². The van der Waals surface area contributed by atoms with E-state index in [9.17, 15) is 0 Å². The Hall–Kier alpha value is -8.10. The minimum Gasteiger partial charge on any atom is -0.493 e. The summed E-state index contributed by atoms with van der Waals surface area (Å²) in [6.07, 6.45) is 64.4. The number of unbranched alkanes of at least 4 members (excludes halogenated alkanes) is 25. The molecule has 0 radical (unpaired) electrons. The Balaban J connectivity index is 1.75. The van der Waals surface area contributed by atoms with Crippen LogP contribution < -0.4 is 47.4 Å². The molecule has 0 N–H and O–H groups in total. The van der Waals surface area contributed by atoms with E-state index in [2.05, 4.69) is 107 Å². The molecule has 5 aromatic carbocycles. The van der Waals surface area contributed by atoms with Gasteiger partial charge in [-0.3, -0.25) is 0 Å². The van der Waals surface area contributed by atoms with Crippen LogP contribution in [0.15, 0.2) is 60.7 Å². The van der Waals surface area contributed by atoms with E-state index in [1.54, 1.807) is 0 Å². The largest absolute Gasteiger partial charge is 0.493 e. The first-order valence-corrected chi connectivity index (χ1v) is 37.6. The maximum Gasteiger partial charge on any atom is 0.148 e. The quantitative estimate of drug-likeness (QED) is 0.0272. The van der Waals surface area contributed by atoms with E-state index in [4.69, 9.17) is 79.5 Å². The van der Waals surface area contributed by atoms with Crippen LogP contribution in [0, 0.1) is 61.7 Å². The van der Waals surface area contributed by atoms with Crippen molar-refractivity contribution in [1.82, 2.24) is 0 Å². The van der Waals surface area contributed by atoms with Crippen molar-refractivity contribution in [2.45, 2.75) is 247 Å². The van der Waals surface area contributed by atoms with Crippen molar-refractivity contribution in [2.75, 3.05) is 66.1 Å². The Morgan fingerprint density at radius 3 is 0.612 bits per heavy atom. The van der Waals surface area contributed by atoms with Gasteiger partial charge in [0.05, 0.1) is 33.0 Å². The molecule has 10 heteroatoms. The van der Waals surface area contributed by atoms with Crippen LogP contribution in [0.4, 0.5) is 0 Å². The van der Waals surface area contributed by atoms with Gasteiger partial charge in [-0.15, -0.1) is 32.1 Å². The normalized spacial score (nSPS) is 11.3. The van der Waals surface area contributed by atoms with Gasteiger partial charge in [-0.25, -0.2) is 0 Å². The van der Waals surface area contributed by atoms with Gasteiger partial charge >= 0.3 is 0 Å². The molecule has 0 saturated heterocycles. The van der Waals surface area contributed by atoms with Crippen molar-refractivity contribution in [3.8, 4) is 141 Å². The van der Waals surface area contributed by atoms with Gasteiger partial charge in [0.25, 0.3) is 0 Å². The first kappa shape index (κ1) is 78.9. The molecule has 0 spiro atoms. The van der Waals surface area contributed by atoms with Crippen LogP contribution in [0.5, 0.6) is 57.5 Å². The molecule has 15 rings (SSSR count). The van der Waals surface area contributed by atoms with Crippen LogP contribution in [-0.4, -0.2) is 66.1 Å². The van der Waals surface area contributed by atoms with Crippen LogP contribution in [0.2, 0.25) is 0 Å². The van der Waals surface area contributed by atoms with Gasteiger partial charge in [-0.05, 0) is 92.8 Å². The Bertz CT molecular complexity index is 3360. The number of hydrogen-bond donors (Lipinski definition) is 0.